The van der Waals surface area contributed by atoms with Crippen LogP contribution in [0.1, 0.15) is 31.2 Å². The Labute approximate surface area is 183 Å². The second-order valence-corrected chi connectivity index (χ2v) is 9.21. The van der Waals surface area contributed by atoms with Crippen molar-refractivity contribution >= 4 is 28.9 Å². The lowest BCUT2D eigenvalue weighted by Gasteiger charge is -2.50. The van der Waals surface area contributed by atoms with Crippen molar-refractivity contribution in [2.75, 3.05) is 39.7 Å². The lowest BCUT2D eigenvalue weighted by Crippen LogP contribution is -2.63. The first-order valence-corrected chi connectivity index (χ1v) is 11.9. The first-order chi connectivity index (χ1) is 14.0. The van der Waals surface area contributed by atoms with E-state index >= 15 is 0 Å². The molecule has 1 saturated heterocycles. The van der Waals surface area contributed by atoms with Crippen LogP contribution in [0.25, 0.3) is 5.57 Å². The van der Waals surface area contributed by atoms with Crippen molar-refractivity contribution in [3.05, 3.63) is 48.1 Å². The Bertz CT molecular complexity index is 735. The van der Waals surface area contributed by atoms with Gasteiger partial charge < -0.3 is 19.9 Å². The zero-order valence-corrected chi connectivity index (χ0v) is 18.9. The van der Waals surface area contributed by atoms with E-state index in [1.807, 2.05) is 24.3 Å². The number of ether oxygens (including phenoxy) is 2. The van der Waals surface area contributed by atoms with Gasteiger partial charge in [-0.2, -0.15) is 0 Å². The van der Waals surface area contributed by atoms with Crippen LogP contribution >= 0.6 is 23.4 Å². The molecule has 0 amide bonds. The molecule has 3 atom stereocenters. The first-order valence-electron chi connectivity index (χ1n) is 10.3. The van der Waals surface area contributed by atoms with Gasteiger partial charge in [-0.15, -0.1) is 23.4 Å². The molecule has 1 aromatic rings. The van der Waals surface area contributed by atoms with Gasteiger partial charge >= 0.3 is 0 Å². The molecular formula is C23H32ClNO3S. The molecule has 2 N–H and O–H groups in total. The number of alkyl halides is 1. The van der Waals surface area contributed by atoms with E-state index < -0.39 is 10.5 Å². The van der Waals surface area contributed by atoms with Crippen LogP contribution in [0.2, 0.25) is 0 Å². The summed E-state index contributed by atoms with van der Waals surface area (Å²) in [7, 11) is 1.70. The number of benzene rings is 1. The van der Waals surface area contributed by atoms with Gasteiger partial charge in [-0.05, 0) is 55.2 Å². The summed E-state index contributed by atoms with van der Waals surface area (Å²) < 4.78 is 11.3. The fourth-order valence-corrected chi connectivity index (χ4v) is 5.23. The van der Waals surface area contributed by atoms with Crippen molar-refractivity contribution in [1.82, 2.24) is 5.32 Å². The summed E-state index contributed by atoms with van der Waals surface area (Å²) in [6, 6.07) is 8.37. The molecular weight excluding hydrogens is 406 g/mol. The average Bonchev–Trinajstić information content (AvgIpc) is 2.77. The number of allylic oxidation sites excluding steroid dienone is 3. The van der Waals surface area contributed by atoms with Gasteiger partial charge in [-0.25, -0.2) is 0 Å². The summed E-state index contributed by atoms with van der Waals surface area (Å²) in [5.74, 6) is 0. The van der Waals surface area contributed by atoms with E-state index in [1.54, 1.807) is 18.9 Å². The van der Waals surface area contributed by atoms with Crippen LogP contribution in [-0.2, 0) is 9.47 Å². The van der Waals surface area contributed by atoms with Crippen LogP contribution in [0.15, 0.2) is 47.4 Å². The molecule has 160 valence electrons. The van der Waals surface area contributed by atoms with E-state index in [2.05, 4.69) is 29.8 Å². The number of hydrogen-bond donors (Lipinski definition) is 2. The Morgan fingerprint density at radius 3 is 3.00 bits per heavy atom. The largest absolute Gasteiger partial charge is 0.385 e. The first kappa shape index (κ1) is 22.9. The van der Waals surface area contributed by atoms with Crippen molar-refractivity contribution in [1.29, 1.82) is 0 Å². The minimum Gasteiger partial charge on any atom is -0.385 e. The molecule has 1 heterocycles. The summed E-state index contributed by atoms with van der Waals surface area (Å²) in [6.07, 6.45) is 10.6. The maximum absolute atomic E-state index is 12.2. The monoisotopic (exact) mass is 437 g/mol. The molecule has 1 aliphatic carbocycles. The summed E-state index contributed by atoms with van der Waals surface area (Å²) in [5, 5.41) is 15.5. The SMILES string of the molecule is COCCCC[C@@](O)([C@H]1CNCCO1)C1(Cl)CC=CC=C1c1cccc(SC)c1. The van der Waals surface area contributed by atoms with Crippen molar-refractivity contribution < 1.29 is 14.6 Å². The van der Waals surface area contributed by atoms with Gasteiger partial charge in [-0.3, -0.25) is 0 Å². The topological polar surface area (TPSA) is 50.7 Å². The van der Waals surface area contributed by atoms with Gasteiger partial charge in [0.15, 0.2) is 0 Å². The number of aliphatic hydroxyl groups is 1. The van der Waals surface area contributed by atoms with Gasteiger partial charge in [0.1, 0.15) is 16.6 Å². The molecule has 1 aromatic carbocycles. The van der Waals surface area contributed by atoms with Crippen LogP contribution in [0.4, 0.5) is 0 Å². The normalized spacial score (nSPS) is 26.8. The van der Waals surface area contributed by atoms with Gasteiger partial charge in [0, 0.05) is 31.7 Å². The molecule has 3 rings (SSSR count). The summed E-state index contributed by atoms with van der Waals surface area (Å²) >= 11 is 9.11. The number of hydrogen-bond acceptors (Lipinski definition) is 5. The molecule has 1 fully saturated rings. The minimum atomic E-state index is -1.21. The van der Waals surface area contributed by atoms with Crippen LogP contribution in [0, 0.1) is 0 Å². The highest BCUT2D eigenvalue weighted by Crippen LogP contribution is 2.51. The molecule has 1 unspecified atom stereocenters. The summed E-state index contributed by atoms with van der Waals surface area (Å²) in [6.45, 7) is 2.64. The maximum Gasteiger partial charge on any atom is 0.115 e. The Balaban J connectivity index is 1.98. The number of methoxy groups -OCH3 is 1. The van der Waals surface area contributed by atoms with Crippen LogP contribution < -0.4 is 5.32 Å². The van der Waals surface area contributed by atoms with Gasteiger partial charge in [0.25, 0.3) is 0 Å². The smallest absolute Gasteiger partial charge is 0.115 e. The number of nitrogens with one attached hydrogen (secondary N) is 1. The molecule has 0 aromatic heterocycles. The van der Waals surface area contributed by atoms with Crippen molar-refractivity contribution in [3.8, 4) is 0 Å². The molecule has 0 radical (unpaired) electrons. The third-order valence-corrected chi connectivity index (χ3v) is 7.32. The number of halogens is 1. The number of thioether (sulfide) groups is 1. The zero-order chi connectivity index (χ0) is 20.7. The third-order valence-electron chi connectivity index (χ3n) is 5.91. The molecule has 0 spiro atoms. The van der Waals surface area contributed by atoms with Gasteiger partial charge in [0.05, 0.1) is 6.61 Å². The minimum absolute atomic E-state index is 0.366. The lowest BCUT2D eigenvalue weighted by molar-refractivity contribution is -0.136. The zero-order valence-electron chi connectivity index (χ0n) is 17.3. The molecule has 2 aliphatic rings. The van der Waals surface area contributed by atoms with Crippen molar-refractivity contribution in [2.45, 2.75) is 47.2 Å². The molecule has 29 heavy (non-hydrogen) atoms. The van der Waals surface area contributed by atoms with Gasteiger partial charge in [-0.1, -0.05) is 30.4 Å². The highest BCUT2D eigenvalue weighted by Gasteiger charge is 2.56. The standard InChI is InChI=1S/C23H32ClNO3S/c1-27-14-6-5-12-23(26,21-17-25-13-15-28-21)22(24)11-4-3-10-20(22)18-8-7-9-19(16-18)29-2/h3-4,7-10,16,21,25-26H,5-6,11-15,17H2,1-2H3/t21-,22?,23-/m1/s1. The Kier molecular flexibility index (Phi) is 8.25. The predicted octanol–water partition coefficient (Wildman–Crippen LogP) is 4.27. The highest BCUT2D eigenvalue weighted by atomic mass is 35.5. The summed E-state index contributed by atoms with van der Waals surface area (Å²) in [5.41, 5.74) is 0.804. The molecule has 1 aliphatic heterocycles. The molecule has 4 nitrogen and oxygen atoms in total. The molecule has 0 saturated carbocycles. The quantitative estimate of drug-likeness (QED) is 0.343. The second-order valence-electron chi connectivity index (χ2n) is 7.68. The highest BCUT2D eigenvalue weighted by molar-refractivity contribution is 7.98. The Morgan fingerprint density at radius 2 is 2.28 bits per heavy atom. The van der Waals surface area contributed by atoms with Crippen LogP contribution in [0.3, 0.4) is 0 Å². The number of unbranched alkanes of at least 4 members (excludes halogenated alkanes) is 1. The molecule has 0 bridgehead atoms. The third kappa shape index (κ3) is 4.92. The maximum atomic E-state index is 12.2. The van der Waals surface area contributed by atoms with E-state index in [1.165, 1.54) is 4.90 Å². The number of rotatable bonds is 9. The fourth-order valence-electron chi connectivity index (χ4n) is 4.29. The van der Waals surface area contributed by atoms with E-state index in [0.29, 0.717) is 32.6 Å². The average molecular weight is 438 g/mol. The fraction of sp³-hybridized carbons (Fsp3) is 0.565. The van der Waals surface area contributed by atoms with Crippen LogP contribution in [0.5, 0.6) is 0 Å². The van der Waals surface area contributed by atoms with Crippen molar-refractivity contribution in [2.24, 2.45) is 0 Å². The predicted molar refractivity (Wildman–Crippen MR) is 122 cm³/mol. The second kappa shape index (κ2) is 10.5. The van der Waals surface area contributed by atoms with E-state index in [0.717, 1.165) is 30.5 Å². The number of morpholine rings is 1. The van der Waals surface area contributed by atoms with Gasteiger partial charge in [0.2, 0.25) is 0 Å². The lowest BCUT2D eigenvalue weighted by atomic mass is 9.69. The van der Waals surface area contributed by atoms with E-state index in [9.17, 15) is 5.11 Å². The van der Waals surface area contributed by atoms with E-state index in [-0.39, 0.29) is 6.10 Å². The summed E-state index contributed by atoms with van der Waals surface area (Å²) in [4.78, 5) is 0.214. The van der Waals surface area contributed by atoms with Crippen LogP contribution in [-0.4, -0.2) is 61.4 Å². The van der Waals surface area contributed by atoms with Crippen molar-refractivity contribution in [3.63, 3.8) is 0 Å². The van der Waals surface area contributed by atoms with E-state index in [4.69, 9.17) is 21.1 Å². The Morgan fingerprint density at radius 1 is 1.41 bits per heavy atom. The molecule has 6 heteroatoms. The Hall–Kier alpha value is -0.820.